The Labute approximate surface area is 103 Å². The molecule has 1 amide bonds. The number of hydrogen-bond acceptors (Lipinski definition) is 3. The first kappa shape index (κ1) is 12.6. The maximum absolute atomic E-state index is 10.7. The fourth-order valence-electron chi connectivity index (χ4n) is 2.67. The number of carbonyl (C=O) groups excluding carboxylic acids is 1. The van der Waals surface area contributed by atoms with Crippen LogP contribution in [0.25, 0.3) is 0 Å². The van der Waals surface area contributed by atoms with E-state index < -0.39 is 0 Å². The number of likely N-dealkylation sites (tertiary alicyclic amines) is 1. The number of amides is 1. The molecule has 1 fully saturated rings. The summed E-state index contributed by atoms with van der Waals surface area (Å²) >= 11 is 0. The molecule has 0 bridgehead atoms. The second-order valence-electron chi connectivity index (χ2n) is 5.25. The lowest BCUT2D eigenvalue weighted by molar-refractivity contribution is -0.118. The molecule has 2 heterocycles. The third-order valence-corrected chi connectivity index (χ3v) is 3.93. The van der Waals surface area contributed by atoms with Gasteiger partial charge in [-0.3, -0.25) is 4.79 Å². The van der Waals surface area contributed by atoms with Gasteiger partial charge in [-0.2, -0.15) is 0 Å². The molecule has 96 valence electrons. The molecule has 4 nitrogen and oxygen atoms in total. The molecule has 0 unspecified atom stereocenters. The highest BCUT2D eigenvalue weighted by atomic mass is 16.5. The summed E-state index contributed by atoms with van der Waals surface area (Å²) in [5, 5.41) is 0. The van der Waals surface area contributed by atoms with Gasteiger partial charge in [-0.15, -0.1) is 0 Å². The van der Waals surface area contributed by atoms with E-state index in [0.717, 1.165) is 52.1 Å². The van der Waals surface area contributed by atoms with Crippen LogP contribution in [0.3, 0.4) is 0 Å². The van der Waals surface area contributed by atoms with Crippen molar-refractivity contribution in [1.29, 1.82) is 0 Å². The molecule has 1 saturated heterocycles. The zero-order valence-electron chi connectivity index (χ0n) is 10.4. The Kier molecular flexibility index (Phi) is 4.18. The van der Waals surface area contributed by atoms with Gasteiger partial charge in [0.1, 0.15) is 0 Å². The second-order valence-corrected chi connectivity index (χ2v) is 5.25. The summed E-state index contributed by atoms with van der Waals surface area (Å²) < 4.78 is 5.64. The molecule has 0 saturated carbocycles. The third kappa shape index (κ3) is 3.54. The van der Waals surface area contributed by atoms with Crippen molar-refractivity contribution < 1.29 is 9.53 Å². The van der Waals surface area contributed by atoms with Crippen molar-refractivity contribution in [2.75, 3.05) is 32.8 Å². The molecule has 0 aromatic carbocycles. The maximum atomic E-state index is 10.7. The van der Waals surface area contributed by atoms with Crippen molar-refractivity contribution in [2.45, 2.75) is 25.7 Å². The van der Waals surface area contributed by atoms with Crippen LogP contribution in [0.2, 0.25) is 0 Å². The summed E-state index contributed by atoms with van der Waals surface area (Å²) in [6.07, 6.45) is 8.31. The van der Waals surface area contributed by atoms with Crippen LogP contribution in [0.5, 0.6) is 0 Å². The van der Waals surface area contributed by atoms with E-state index in [1.165, 1.54) is 0 Å². The van der Waals surface area contributed by atoms with Gasteiger partial charge in [0.15, 0.2) is 0 Å². The van der Waals surface area contributed by atoms with E-state index in [0.29, 0.717) is 11.8 Å². The lowest BCUT2D eigenvalue weighted by Gasteiger charge is -2.40. The number of allylic oxidation sites excluding steroid dienone is 1. The minimum absolute atomic E-state index is 0.203. The topological polar surface area (TPSA) is 55.6 Å². The molecule has 2 N–H and O–H groups in total. The first-order valence-electron chi connectivity index (χ1n) is 6.44. The number of hydrogen-bond donors (Lipinski definition) is 1. The largest absolute Gasteiger partial charge is 0.377 e. The number of piperidine rings is 1. The molecule has 17 heavy (non-hydrogen) atoms. The van der Waals surface area contributed by atoms with Crippen molar-refractivity contribution in [1.82, 2.24) is 4.90 Å². The summed E-state index contributed by atoms with van der Waals surface area (Å²) in [5.41, 5.74) is 5.52. The molecule has 1 spiro atoms. The first-order valence-corrected chi connectivity index (χ1v) is 6.44. The highest BCUT2D eigenvalue weighted by Gasteiger charge is 2.34. The Morgan fingerprint density at radius 3 is 2.82 bits per heavy atom. The highest BCUT2D eigenvalue weighted by molar-refractivity contribution is 5.73. The molecule has 0 aromatic rings. The van der Waals surface area contributed by atoms with Crippen molar-refractivity contribution in [3.8, 4) is 0 Å². The molecule has 0 aromatic heterocycles. The average molecular weight is 238 g/mol. The van der Waals surface area contributed by atoms with Gasteiger partial charge in [0.25, 0.3) is 0 Å². The predicted octanol–water partition coefficient (Wildman–Crippen LogP) is 0.920. The van der Waals surface area contributed by atoms with Gasteiger partial charge in [-0.25, -0.2) is 0 Å². The van der Waals surface area contributed by atoms with Gasteiger partial charge in [0.2, 0.25) is 5.91 Å². The van der Waals surface area contributed by atoms with Gasteiger partial charge in [-0.05, 0) is 37.8 Å². The van der Waals surface area contributed by atoms with E-state index in [1.54, 1.807) is 0 Å². The quantitative estimate of drug-likeness (QED) is 0.744. The average Bonchev–Trinajstić information content (AvgIpc) is 2.55. The standard InChI is InChI=1S/C13H22N2O2/c14-12(16)3-7-15-8-5-13(6-9-15)4-1-2-10-17-11-13/h1-2H,3-11H2,(H2,14,16). The van der Waals surface area contributed by atoms with Crippen LogP contribution in [-0.4, -0.2) is 43.7 Å². The molecule has 2 rings (SSSR count). The third-order valence-electron chi connectivity index (χ3n) is 3.93. The Morgan fingerprint density at radius 1 is 1.35 bits per heavy atom. The fourth-order valence-corrected chi connectivity index (χ4v) is 2.67. The van der Waals surface area contributed by atoms with Crippen molar-refractivity contribution >= 4 is 5.91 Å². The Balaban J connectivity index is 1.80. The lowest BCUT2D eigenvalue weighted by Crippen LogP contribution is -2.43. The number of ether oxygens (including phenoxy) is 1. The van der Waals surface area contributed by atoms with Crippen LogP contribution in [0.15, 0.2) is 12.2 Å². The number of nitrogens with zero attached hydrogens (tertiary/aromatic N) is 1. The minimum atomic E-state index is -0.203. The molecular weight excluding hydrogens is 216 g/mol. The Hall–Kier alpha value is -0.870. The van der Waals surface area contributed by atoms with Crippen LogP contribution < -0.4 is 5.73 Å². The van der Waals surface area contributed by atoms with Crippen molar-refractivity contribution in [3.63, 3.8) is 0 Å². The molecule has 0 atom stereocenters. The fraction of sp³-hybridized carbons (Fsp3) is 0.769. The lowest BCUT2D eigenvalue weighted by atomic mass is 9.76. The number of rotatable bonds is 3. The second kappa shape index (κ2) is 5.65. The van der Waals surface area contributed by atoms with Crippen LogP contribution in [0.1, 0.15) is 25.7 Å². The molecule has 0 aliphatic carbocycles. The van der Waals surface area contributed by atoms with Crippen molar-refractivity contribution in [3.05, 3.63) is 12.2 Å². The van der Waals surface area contributed by atoms with Gasteiger partial charge >= 0.3 is 0 Å². The van der Waals surface area contributed by atoms with E-state index in [4.69, 9.17) is 10.5 Å². The zero-order valence-corrected chi connectivity index (χ0v) is 10.4. The van der Waals surface area contributed by atoms with Gasteiger partial charge in [0, 0.05) is 13.0 Å². The summed E-state index contributed by atoms with van der Waals surface area (Å²) in [7, 11) is 0. The maximum Gasteiger partial charge on any atom is 0.218 e. The number of nitrogens with two attached hydrogens (primary N) is 1. The zero-order chi connectivity index (χ0) is 12.1. The predicted molar refractivity (Wildman–Crippen MR) is 66.5 cm³/mol. The molecule has 0 radical (unpaired) electrons. The van der Waals surface area contributed by atoms with Crippen LogP contribution in [-0.2, 0) is 9.53 Å². The van der Waals surface area contributed by atoms with Crippen molar-refractivity contribution in [2.24, 2.45) is 11.1 Å². The van der Waals surface area contributed by atoms with Crippen LogP contribution >= 0.6 is 0 Å². The van der Waals surface area contributed by atoms with Gasteiger partial charge < -0.3 is 15.4 Å². The minimum Gasteiger partial charge on any atom is -0.377 e. The SMILES string of the molecule is NC(=O)CCN1CCC2(CC=CCOC2)CC1. The number of primary amides is 1. The molecular formula is C13H22N2O2. The van der Waals surface area contributed by atoms with Crippen LogP contribution in [0.4, 0.5) is 0 Å². The van der Waals surface area contributed by atoms with E-state index in [-0.39, 0.29) is 5.91 Å². The van der Waals surface area contributed by atoms with Crippen LogP contribution in [0, 0.1) is 5.41 Å². The Bertz CT molecular complexity index is 294. The summed E-state index contributed by atoms with van der Waals surface area (Å²) in [6.45, 7) is 4.56. The molecule has 4 heteroatoms. The van der Waals surface area contributed by atoms with Gasteiger partial charge in [0.05, 0.1) is 13.2 Å². The molecule has 2 aliphatic heterocycles. The normalized spacial score (nSPS) is 24.7. The number of carbonyl (C=O) groups is 1. The molecule has 2 aliphatic rings. The summed E-state index contributed by atoms with van der Waals surface area (Å²) in [4.78, 5) is 13.1. The van der Waals surface area contributed by atoms with E-state index in [2.05, 4.69) is 17.1 Å². The highest BCUT2D eigenvalue weighted by Crippen LogP contribution is 2.36. The first-order chi connectivity index (χ1) is 8.20. The summed E-state index contributed by atoms with van der Waals surface area (Å²) in [6, 6.07) is 0. The smallest absolute Gasteiger partial charge is 0.218 e. The van der Waals surface area contributed by atoms with Gasteiger partial charge in [-0.1, -0.05) is 12.2 Å². The monoisotopic (exact) mass is 238 g/mol. The Morgan fingerprint density at radius 2 is 2.12 bits per heavy atom. The summed E-state index contributed by atoms with van der Waals surface area (Å²) in [5.74, 6) is -0.203. The van der Waals surface area contributed by atoms with E-state index in [9.17, 15) is 4.79 Å². The van der Waals surface area contributed by atoms with E-state index >= 15 is 0 Å². The van der Waals surface area contributed by atoms with E-state index in [1.807, 2.05) is 0 Å².